The van der Waals surface area contributed by atoms with Crippen molar-refractivity contribution in [2.45, 2.75) is 5.09 Å². The van der Waals surface area contributed by atoms with Crippen LogP contribution in [-0.2, 0) is 10.0 Å². The summed E-state index contributed by atoms with van der Waals surface area (Å²) in [5.74, 6) is -1.31. The quantitative estimate of drug-likeness (QED) is 0.695. The van der Waals surface area contributed by atoms with E-state index < -0.39 is 21.1 Å². The van der Waals surface area contributed by atoms with Crippen molar-refractivity contribution >= 4 is 16.0 Å². The first kappa shape index (κ1) is 10.7. The summed E-state index contributed by atoms with van der Waals surface area (Å²) in [4.78, 5) is 10.4. The molecule has 78 valence electrons. The number of carboxylic acids is 1. The number of aromatic carboxylic acids is 1. The molecule has 0 fully saturated rings. The average Bonchev–Trinajstić information content (AvgIpc) is 2.51. The second-order valence-corrected chi connectivity index (χ2v) is 4.28. The lowest BCUT2D eigenvalue weighted by molar-refractivity contribution is 0.0292. The molecular formula is C6H7NO6S. The Kier molecular flexibility index (Phi) is 2.60. The Bertz CT molecular complexity index is 445. The number of rotatable bonds is 3. The molecule has 1 rings (SSSR count). The van der Waals surface area contributed by atoms with E-state index in [9.17, 15) is 13.2 Å². The molecule has 0 aliphatic heterocycles. The van der Waals surface area contributed by atoms with Crippen molar-refractivity contribution in [2.75, 3.05) is 7.05 Å². The zero-order valence-electron chi connectivity index (χ0n) is 7.04. The topological polar surface area (TPSA) is 108 Å². The van der Waals surface area contributed by atoms with E-state index in [2.05, 4.69) is 4.42 Å². The summed E-state index contributed by atoms with van der Waals surface area (Å²) in [5, 5.41) is 16.6. The first-order valence-electron chi connectivity index (χ1n) is 3.35. The van der Waals surface area contributed by atoms with Gasteiger partial charge in [0.25, 0.3) is 10.0 Å². The summed E-state index contributed by atoms with van der Waals surface area (Å²) in [6.45, 7) is 0. The number of nitrogens with zero attached hydrogens (tertiary/aromatic N) is 1. The lowest BCUT2D eigenvalue weighted by atomic mass is 10.4. The van der Waals surface area contributed by atoms with Crippen molar-refractivity contribution in [2.24, 2.45) is 0 Å². The molecule has 14 heavy (non-hydrogen) atoms. The van der Waals surface area contributed by atoms with Crippen LogP contribution in [0, 0.1) is 0 Å². The number of hydrogen-bond acceptors (Lipinski definition) is 5. The largest absolute Gasteiger partial charge is 0.478 e. The van der Waals surface area contributed by atoms with Gasteiger partial charge in [0.15, 0.2) is 0 Å². The van der Waals surface area contributed by atoms with E-state index in [1.165, 1.54) is 0 Å². The SMILES string of the molecule is CN(O)S(=O)(=O)c1cc(C(=O)O)co1. The van der Waals surface area contributed by atoms with Gasteiger partial charge in [0.05, 0.1) is 5.56 Å². The third kappa shape index (κ3) is 1.76. The minimum atomic E-state index is -4.13. The molecule has 0 aromatic carbocycles. The number of hydroxylamine groups is 1. The second-order valence-electron chi connectivity index (χ2n) is 2.40. The van der Waals surface area contributed by atoms with Gasteiger partial charge in [-0.2, -0.15) is 0 Å². The lowest BCUT2D eigenvalue weighted by Gasteiger charge is -2.05. The maximum Gasteiger partial charge on any atom is 0.339 e. The van der Waals surface area contributed by atoms with Crippen molar-refractivity contribution < 1.29 is 27.9 Å². The maximum absolute atomic E-state index is 11.2. The Balaban J connectivity index is 3.16. The third-order valence-corrected chi connectivity index (χ3v) is 2.84. The first-order chi connectivity index (χ1) is 6.35. The Morgan fingerprint density at radius 3 is 2.50 bits per heavy atom. The van der Waals surface area contributed by atoms with E-state index in [0.717, 1.165) is 19.4 Å². The molecule has 0 saturated heterocycles. The van der Waals surface area contributed by atoms with Crippen LogP contribution in [0.3, 0.4) is 0 Å². The normalized spacial score (nSPS) is 11.9. The van der Waals surface area contributed by atoms with E-state index in [1.807, 2.05) is 0 Å². The number of hydrogen-bond donors (Lipinski definition) is 2. The molecule has 0 unspecified atom stereocenters. The summed E-state index contributed by atoms with van der Waals surface area (Å²) in [7, 11) is -3.24. The number of carbonyl (C=O) groups is 1. The Labute approximate surface area is 79.2 Å². The van der Waals surface area contributed by atoms with Crippen molar-refractivity contribution in [1.29, 1.82) is 0 Å². The molecule has 8 heteroatoms. The molecule has 0 saturated carbocycles. The average molecular weight is 221 g/mol. The first-order valence-corrected chi connectivity index (χ1v) is 4.79. The molecule has 2 N–H and O–H groups in total. The predicted molar refractivity (Wildman–Crippen MR) is 42.4 cm³/mol. The van der Waals surface area contributed by atoms with Crippen LogP contribution in [0.2, 0.25) is 0 Å². The smallest absolute Gasteiger partial charge is 0.339 e. The Morgan fingerprint density at radius 1 is 1.57 bits per heavy atom. The molecule has 0 bridgehead atoms. The van der Waals surface area contributed by atoms with Gasteiger partial charge < -0.3 is 9.52 Å². The lowest BCUT2D eigenvalue weighted by Crippen LogP contribution is -2.22. The predicted octanol–water partition coefficient (Wildman–Crippen LogP) is -0.0125. The summed E-state index contributed by atoms with van der Waals surface area (Å²) in [6.07, 6.45) is 0.777. The van der Waals surface area contributed by atoms with Crippen LogP contribution in [0.25, 0.3) is 0 Å². The molecule has 0 aliphatic carbocycles. The molecule has 0 amide bonds. The fourth-order valence-electron chi connectivity index (χ4n) is 0.694. The van der Waals surface area contributed by atoms with Gasteiger partial charge in [0.1, 0.15) is 6.26 Å². The Hall–Kier alpha value is -1.38. The van der Waals surface area contributed by atoms with E-state index in [1.54, 1.807) is 0 Å². The van der Waals surface area contributed by atoms with Gasteiger partial charge in [0.2, 0.25) is 5.09 Å². The zero-order valence-corrected chi connectivity index (χ0v) is 7.85. The second kappa shape index (κ2) is 3.40. The van der Waals surface area contributed by atoms with Gasteiger partial charge >= 0.3 is 5.97 Å². The van der Waals surface area contributed by atoms with E-state index >= 15 is 0 Å². The van der Waals surface area contributed by atoms with Gasteiger partial charge in [0, 0.05) is 13.1 Å². The van der Waals surface area contributed by atoms with Gasteiger partial charge in [-0.15, -0.1) is 0 Å². The highest BCUT2D eigenvalue weighted by Gasteiger charge is 2.24. The van der Waals surface area contributed by atoms with Crippen LogP contribution < -0.4 is 0 Å². The summed E-state index contributed by atoms with van der Waals surface area (Å²) < 4.78 is 26.7. The number of sulfonamides is 1. The molecule has 1 aromatic heterocycles. The molecule has 1 aromatic rings. The van der Waals surface area contributed by atoms with Gasteiger partial charge in [-0.05, 0) is 0 Å². The number of furan rings is 1. The number of carboxylic acid groups (broad SMARTS) is 1. The van der Waals surface area contributed by atoms with Gasteiger partial charge in [-0.1, -0.05) is 4.47 Å². The van der Waals surface area contributed by atoms with Crippen LogP contribution in [0.5, 0.6) is 0 Å². The third-order valence-electron chi connectivity index (χ3n) is 1.42. The standard InChI is InChI=1S/C6H7NO6S/c1-7(10)14(11,12)5-2-4(3-13-5)6(8)9/h2-3,10H,1H3,(H,8,9). The van der Waals surface area contributed by atoms with E-state index in [-0.39, 0.29) is 10.0 Å². The Morgan fingerprint density at radius 2 is 2.14 bits per heavy atom. The van der Waals surface area contributed by atoms with Crippen LogP contribution >= 0.6 is 0 Å². The minimum Gasteiger partial charge on any atom is -0.478 e. The fourth-order valence-corrected chi connectivity index (χ4v) is 1.40. The summed E-state index contributed by atoms with van der Waals surface area (Å²) in [6, 6.07) is 0.810. The molecular weight excluding hydrogens is 214 g/mol. The molecule has 1 heterocycles. The van der Waals surface area contributed by atoms with E-state index in [0.29, 0.717) is 0 Å². The summed E-state index contributed by atoms with van der Waals surface area (Å²) in [5.41, 5.74) is -0.301. The fraction of sp³-hybridized carbons (Fsp3) is 0.167. The monoisotopic (exact) mass is 221 g/mol. The highest BCUT2D eigenvalue weighted by molar-refractivity contribution is 7.88. The van der Waals surface area contributed by atoms with Crippen molar-refractivity contribution in [1.82, 2.24) is 4.47 Å². The van der Waals surface area contributed by atoms with Gasteiger partial charge in [-0.25, -0.2) is 13.2 Å². The van der Waals surface area contributed by atoms with Crippen LogP contribution in [0.1, 0.15) is 10.4 Å². The van der Waals surface area contributed by atoms with Crippen molar-refractivity contribution in [3.05, 3.63) is 17.9 Å². The van der Waals surface area contributed by atoms with Crippen molar-refractivity contribution in [3.8, 4) is 0 Å². The van der Waals surface area contributed by atoms with Crippen LogP contribution in [0.15, 0.2) is 21.8 Å². The molecule has 0 radical (unpaired) electrons. The summed E-state index contributed by atoms with van der Waals surface area (Å²) >= 11 is 0. The molecule has 0 spiro atoms. The highest BCUT2D eigenvalue weighted by Crippen LogP contribution is 2.16. The van der Waals surface area contributed by atoms with Gasteiger partial charge in [-0.3, -0.25) is 5.21 Å². The maximum atomic E-state index is 11.2. The van der Waals surface area contributed by atoms with Crippen molar-refractivity contribution in [3.63, 3.8) is 0 Å². The molecule has 0 aliphatic rings. The molecule has 7 nitrogen and oxygen atoms in total. The highest BCUT2D eigenvalue weighted by atomic mass is 32.2. The van der Waals surface area contributed by atoms with Crippen LogP contribution in [-0.4, -0.2) is 36.2 Å². The van der Waals surface area contributed by atoms with E-state index in [4.69, 9.17) is 10.3 Å². The zero-order chi connectivity index (χ0) is 10.9. The van der Waals surface area contributed by atoms with Crippen LogP contribution in [0.4, 0.5) is 0 Å². The minimum absolute atomic E-state index is 0.0581. The molecule has 0 atom stereocenters.